The summed E-state index contributed by atoms with van der Waals surface area (Å²) in [5, 5.41) is 0. The smallest absolute Gasteiger partial charge is 0.330 e. The Morgan fingerprint density at radius 3 is 0.816 bits per heavy atom. The second-order valence-electron chi connectivity index (χ2n) is 15.8. The normalized spacial score (nSPS) is 11.6. The lowest BCUT2D eigenvalue weighted by Gasteiger charge is -2.05. The summed E-state index contributed by atoms with van der Waals surface area (Å²) in [6.07, 6.45) is 60.8. The van der Waals surface area contributed by atoms with Crippen LogP contribution in [0.3, 0.4) is 0 Å². The molecule has 0 atom stereocenters. The van der Waals surface area contributed by atoms with Gasteiger partial charge in [-0.1, -0.05) is 264 Å². The molecule has 0 spiro atoms. The average molecular weight is 689 g/mol. The summed E-state index contributed by atoms with van der Waals surface area (Å²) in [4.78, 5) is 11.9. The number of carbonyl (C=O) groups excluding carboxylic acids is 1. The Morgan fingerprint density at radius 1 is 0.327 bits per heavy atom. The van der Waals surface area contributed by atoms with Gasteiger partial charge >= 0.3 is 5.97 Å². The molecule has 0 saturated heterocycles. The van der Waals surface area contributed by atoms with E-state index >= 15 is 0 Å². The Bertz CT molecular complexity index is 626. The molecule has 0 aromatic heterocycles. The van der Waals surface area contributed by atoms with Crippen molar-refractivity contribution in [3.05, 3.63) is 12.2 Å². The fraction of sp³-hybridized carbons (Fsp3) is 0.936. The van der Waals surface area contributed by atoms with E-state index in [2.05, 4.69) is 13.8 Å². The second kappa shape index (κ2) is 45.2. The van der Waals surface area contributed by atoms with Gasteiger partial charge in [0.05, 0.1) is 6.61 Å². The van der Waals surface area contributed by atoms with Crippen molar-refractivity contribution in [2.45, 2.75) is 277 Å². The predicted octanol–water partition coefficient (Wildman–Crippen LogP) is 17.1. The van der Waals surface area contributed by atoms with Gasteiger partial charge < -0.3 is 4.74 Å². The van der Waals surface area contributed by atoms with Crippen LogP contribution in [0.2, 0.25) is 0 Å². The minimum atomic E-state index is -0.148. The van der Waals surface area contributed by atoms with Crippen molar-refractivity contribution < 1.29 is 9.53 Å². The molecule has 0 aliphatic carbocycles. The maximum Gasteiger partial charge on any atom is 0.330 e. The Labute approximate surface area is 310 Å². The molecule has 0 radical (unpaired) electrons. The molecule has 0 fully saturated rings. The number of carbonyl (C=O) groups is 1. The van der Waals surface area contributed by atoms with E-state index in [-0.39, 0.29) is 5.97 Å². The first kappa shape index (κ1) is 48.2. The van der Waals surface area contributed by atoms with Gasteiger partial charge in [-0.2, -0.15) is 0 Å². The monoisotopic (exact) mass is 689 g/mol. The third-order valence-electron chi connectivity index (χ3n) is 10.7. The first-order valence-corrected chi connectivity index (χ1v) is 23.1. The largest absolute Gasteiger partial charge is 0.463 e. The minimum absolute atomic E-state index is 0.148. The summed E-state index contributed by atoms with van der Waals surface area (Å²) in [6, 6.07) is 0. The van der Waals surface area contributed by atoms with Crippen molar-refractivity contribution >= 4 is 5.97 Å². The van der Waals surface area contributed by atoms with E-state index < -0.39 is 0 Å². The van der Waals surface area contributed by atoms with Crippen LogP contribution in [0.25, 0.3) is 0 Å². The zero-order valence-electron chi connectivity index (χ0n) is 34.2. The molecule has 0 N–H and O–H groups in total. The van der Waals surface area contributed by atoms with Crippen molar-refractivity contribution in [1.82, 2.24) is 0 Å². The van der Waals surface area contributed by atoms with E-state index in [4.69, 9.17) is 4.74 Å². The molecule has 0 rings (SSSR count). The molecule has 2 heteroatoms. The van der Waals surface area contributed by atoms with E-state index in [0.29, 0.717) is 6.61 Å². The van der Waals surface area contributed by atoms with E-state index in [1.165, 1.54) is 250 Å². The van der Waals surface area contributed by atoms with Crippen LogP contribution < -0.4 is 0 Å². The quantitative estimate of drug-likeness (QED) is 0.0362. The molecule has 0 amide bonds. The number of hydrogen-bond donors (Lipinski definition) is 0. The van der Waals surface area contributed by atoms with Gasteiger partial charge in [0.25, 0.3) is 0 Å². The van der Waals surface area contributed by atoms with Gasteiger partial charge in [-0.25, -0.2) is 4.79 Å². The van der Waals surface area contributed by atoms with Crippen LogP contribution in [0.5, 0.6) is 0 Å². The third-order valence-corrected chi connectivity index (χ3v) is 10.7. The lowest BCUT2D eigenvalue weighted by atomic mass is 10.0. The Hall–Kier alpha value is -0.790. The number of esters is 1. The zero-order valence-corrected chi connectivity index (χ0v) is 34.2. The fourth-order valence-electron chi connectivity index (χ4n) is 7.28. The Kier molecular flexibility index (Phi) is 44.5. The molecule has 0 unspecified atom stereocenters. The predicted molar refractivity (Wildman–Crippen MR) is 221 cm³/mol. The van der Waals surface area contributed by atoms with E-state index in [1.54, 1.807) is 6.08 Å². The van der Waals surface area contributed by atoms with Gasteiger partial charge in [0.1, 0.15) is 0 Å². The van der Waals surface area contributed by atoms with Gasteiger partial charge in [0.15, 0.2) is 0 Å². The number of unbranched alkanes of at least 4 members (excludes halogenated alkanes) is 39. The number of rotatable bonds is 43. The third kappa shape index (κ3) is 45.2. The van der Waals surface area contributed by atoms with Gasteiger partial charge in [-0.05, 0) is 19.3 Å². The summed E-state index contributed by atoms with van der Waals surface area (Å²) in [5.74, 6) is -0.148. The summed E-state index contributed by atoms with van der Waals surface area (Å²) in [5.41, 5.74) is 0. The van der Waals surface area contributed by atoms with Crippen LogP contribution in [0.4, 0.5) is 0 Å². The van der Waals surface area contributed by atoms with Crippen LogP contribution in [-0.4, -0.2) is 12.6 Å². The van der Waals surface area contributed by atoms with Crippen molar-refractivity contribution in [3.8, 4) is 0 Å². The first-order chi connectivity index (χ1) is 24.3. The average Bonchev–Trinajstić information content (AvgIpc) is 3.11. The van der Waals surface area contributed by atoms with Crippen LogP contribution in [0.1, 0.15) is 277 Å². The first-order valence-electron chi connectivity index (χ1n) is 23.1. The van der Waals surface area contributed by atoms with Crippen molar-refractivity contribution in [3.63, 3.8) is 0 Å². The highest BCUT2D eigenvalue weighted by molar-refractivity contribution is 5.81. The topological polar surface area (TPSA) is 26.3 Å². The second-order valence-corrected chi connectivity index (χ2v) is 15.8. The molecular weight excluding hydrogens is 597 g/mol. The van der Waals surface area contributed by atoms with Crippen LogP contribution >= 0.6 is 0 Å². The van der Waals surface area contributed by atoms with Crippen LogP contribution in [0.15, 0.2) is 12.2 Å². The van der Waals surface area contributed by atoms with Gasteiger partial charge in [0, 0.05) is 6.08 Å². The summed E-state index contributed by atoms with van der Waals surface area (Å²) in [6.45, 7) is 5.18. The highest BCUT2D eigenvalue weighted by Crippen LogP contribution is 2.17. The van der Waals surface area contributed by atoms with Crippen molar-refractivity contribution in [2.75, 3.05) is 6.61 Å². The molecule has 0 heterocycles. The minimum Gasteiger partial charge on any atom is -0.463 e. The number of allylic oxidation sites excluding steroid dienone is 1. The van der Waals surface area contributed by atoms with Crippen LogP contribution in [0, 0.1) is 0 Å². The van der Waals surface area contributed by atoms with E-state index in [0.717, 1.165) is 12.8 Å². The van der Waals surface area contributed by atoms with Crippen LogP contribution in [-0.2, 0) is 9.53 Å². The summed E-state index contributed by atoms with van der Waals surface area (Å²) >= 11 is 0. The molecule has 0 bridgehead atoms. The van der Waals surface area contributed by atoms with Gasteiger partial charge in [0.2, 0.25) is 0 Å². The Morgan fingerprint density at radius 2 is 0.551 bits per heavy atom. The van der Waals surface area contributed by atoms with Gasteiger partial charge in [-0.15, -0.1) is 0 Å². The molecule has 49 heavy (non-hydrogen) atoms. The number of ether oxygens (including phenoxy) is 1. The number of hydrogen-bond acceptors (Lipinski definition) is 2. The van der Waals surface area contributed by atoms with Crippen molar-refractivity contribution in [2.24, 2.45) is 0 Å². The molecule has 292 valence electrons. The SMILES string of the molecule is CCCCCCCCCCCCCCCCCC=CC(=O)OCCCCCCCCCCCCCCCCCCCCCCCCCCC. The zero-order chi connectivity index (χ0) is 35.4. The molecule has 0 aliphatic heterocycles. The highest BCUT2D eigenvalue weighted by Gasteiger charge is 1.99. The fourth-order valence-corrected chi connectivity index (χ4v) is 7.28. The standard InChI is InChI=1S/C47H92O2/c1-3-5-7-9-11-13-15-17-19-21-22-23-24-25-26-27-28-30-32-34-36-38-40-42-44-46-49-47(48)45-43-41-39-37-35-33-31-29-20-18-16-14-12-10-8-6-4-2/h43,45H,3-42,44,46H2,1-2H3. The molecule has 0 saturated carbocycles. The van der Waals surface area contributed by atoms with E-state index in [1.807, 2.05) is 6.08 Å². The molecule has 0 aromatic rings. The van der Waals surface area contributed by atoms with Gasteiger partial charge in [-0.3, -0.25) is 0 Å². The van der Waals surface area contributed by atoms with Crippen molar-refractivity contribution in [1.29, 1.82) is 0 Å². The maximum atomic E-state index is 11.9. The summed E-state index contributed by atoms with van der Waals surface area (Å²) < 4.78 is 5.40. The van der Waals surface area contributed by atoms with E-state index in [9.17, 15) is 4.79 Å². The lowest BCUT2D eigenvalue weighted by molar-refractivity contribution is -0.137. The lowest BCUT2D eigenvalue weighted by Crippen LogP contribution is -2.02. The molecule has 0 aliphatic rings. The molecular formula is C47H92O2. The Balaban J connectivity index is 3.18. The molecule has 2 nitrogen and oxygen atoms in total. The summed E-state index contributed by atoms with van der Waals surface area (Å²) in [7, 11) is 0. The highest BCUT2D eigenvalue weighted by atomic mass is 16.5. The molecule has 0 aromatic carbocycles. The maximum absolute atomic E-state index is 11.9.